The van der Waals surface area contributed by atoms with Crippen LogP contribution in [0.4, 0.5) is 4.39 Å². The van der Waals surface area contributed by atoms with E-state index in [-0.39, 0.29) is 23.2 Å². The first-order valence-electron chi connectivity index (χ1n) is 9.36. The van der Waals surface area contributed by atoms with Gasteiger partial charge < -0.3 is 5.32 Å². The van der Waals surface area contributed by atoms with Gasteiger partial charge in [0, 0.05) is 20.6 Å². The molecule has 0 spiro atoms. The van der Waals surface area contributed by atoms with Crippen molar-refractivity contribution in [1.82, 2.24) is 19.4 Å². The molecule has 1 heterocycles. The van der Waals surface area contributed by atoms with Crippen LogP contribution < -0.4 is 5.32 Å². The molecule has 0 saturated carbocycles. The molecule has 0 atom stereocenters. The quantitative estimate of drug-likeness (QED) is 0.625. The first kappa shape index (κ1) is 21.7. The fraction of sp³-hybridized carbons (Fsp3) is 0.238. The highest BCUT2D eigenvalue weighted by Gasteiger charge is 2.18. The first-order chi connectivity index (χ1) is 14.2. The van der Waals surface area contributed by atoms with E-state index in [0.717, 1.165) is 9.87 Å². The van der Waals surface area contributed by atoms with Crippen LogP contribution in [0.15, 0.2) is 59.6 Å². The van der Waals surface area contributed by atoms with Crippen LogP contribution in [0.5, 0.6) is 0 Å². The average molecular weight is 431 g/mol. The smallest absolute Gasteiger partial charge is 0.255 e. The maximum atomic E-state index is 13.2. The summed E-state index contributed by atoms with van der Waals surface area (Å²) in [6.07, 6.45) is 2.06. The molecule has 1 aromatic heterocycles. The number of hydrogen-bond donors (Lipinski definition) is 1. The summed E-state index contributed by atoms with van der Waals surface area (Å²) < 4.78 is 40.2. The van der Waals surface area contributed by atoms with Gasteiger partial charge in [0.15, 0.2) is 0 Å². The van der Waals surface area contributed by atoms with Crippen LogP contribution >= 0.6 is 0 Å². The molecule has 9 heteroatoms. The Morgan fingerprint density at radius 2 is 1.73 bits per heavy atom. The predicted octanol–water partition coefficient (Wildman–Crippen LogP) is 2.75. The predicted molar refractivity (Wildman–Crippen MR) is 111 cm³/mol. The lowest BCUT2D eigenvalue weighted by Crippen LogP contribution is -2.24. The number of sulfonamides is 1. The number of amides is 1. The van der Waals surface area contributed by atoms with Crippen molar-refractivity contribution in [3.8, 4) is 5.69 Å². The summed E-state index contributed by atoms with van der Waals surface area (Å²) in [6, 6.07) is 12.3. The minimum absolute atomic E-state index is 0.191. The van der Waals surface area contributed by atoms with Gasteiger partial charge in [-0.05, 0) is 48.4 Å². The second-order valence-electron chi connectivity index (χ2n) is 6.86. The van der Waals surface area contributed by atoms with Crippen LogP contribution in [0.1, 0.15) is 28.5 Å². The van der Waals surface area contributed by atoms with Gasteiger partial charge >= 0.3 is 0 Å². The molecule has 30 heavy (non-hydrogen) atoms. The van der Waals surface area contributed by atoms with Gasteiger partial charge in [0.25, 0.3) is 5.91 Å². The Hall–Kier alpha value is -3.04. The molecule has 3 rings (SSSR count). The third-order valence-electron chi connectivity index (χ3n) is 4.67. The second-order valence-corrected chi connectivity index (χ2v) is 9.01. The molecule has 0 aliphatic rings. The maximum absolute atomic E-state index is 13.2. The van der Waals surface area contributed by atoms with E-state index in [1.165, 1.54) is 44.6 Å². The molecule has 3 aromatic rings. The number of hydrogen-bond acceptors (Lipinski definition) is 4. The molecular formula is C21H23FN4O3S. The molecule has 0 unspecified atom stereocenters. The summed E-state index contributed by atoms with van der Waals surface area (Å²) >= 11 is 0. The van der Waals surface area contributed by atoms with Gasteiger partial charge in [-0.25, -0.2) is 21.8 Å². The number of aromatic nitrogens is 2. The third-order valence-corrected chi connectivity index (χ3v) is 6.50. The number of rotatable bonds is 7. The molecule has 1 N–H and O–H groups in total. The van der Waals surface area contributed by atoms with Crippen LogP contribution in [-0.4, -0.2) is 42.5 Å². The van der Waals surface area contributed by atoms with Gasteiger partial charge in [-0.3, -0.25) is 4.79 Å². The van der Waals surface area contributed by atoms with Crippen LogP contribution in [0.25, 0.3) is 5.69 Å². The molecule has 0 fully saturated rings. The molecule has 2 aromatic carbocycles. The third kappa shape index (κ3) is 4.42. The number of nitrogens with zero attached hydrogens (tertiary/aromatic N) is 3. The Bertz CT molecular complexity index is 1140. The van der Waals surface area contributed by atoms with Gasteiger partial charge in [0.2, 0.25) is 10.0 Å². The zero-order valence-corrected chi connectivity index (χ0v) is 17.8. The summed E-state index contributed by atoms with van der Waals surface area (Å²) in [5.41, 5.74) is 2.59. The number of carbonyl (C=O) groups excluding carboxylic acids is 1. The summed E-state index contributed by atoms with van der Waals surface area (Å²) in [5.74, 6) is -0.628. The van der Waals surface area contributed by atoms with E-state index in [1.807, 2.05) is 6.92 Å². The number of carbonyl (C=O) groups is 1. The van der Waals surface area contributed by atoms with Crippen molar-refractivity contribution in [1.29, 1.82) is 0 Å². The molecule has 0 saturated heterocycles. The van der Waals surface area contributed by atoms with E-state index in [9.17, 15) is 17.6 Å². The Morgan fingerprint density at radius 3 is 2.30 bits per heavy atom. The van der Waals surface area contributed by atoms with Gasteiger partial charge in [0.05, 0.1) is 28.0 Å². The summed E-state index contributed by atoms with van der Waals surface area (Å²) in [6.45, 7) is 2.16. The van der Waals surface area contributed by atoms with Gasteiger partial charge in [-0.15, -0.1) is 0 Å². The van der Waals surface area contributed by atoms with Crippen LogP contribution in [0.2, 0.25) is 0 Å². The van der Waals surface area contributed by atoms with Crippen LogP contribution in [0.3, 0.4) is 0 Å². The summed E-state index contributed by atoms with van der Waals surface area (Å²) in [4.78, 5) is 12.9. The highest BCUT2D eigenvalue weighted by Crippen LogP contribution is 2.17. The van der Waals surface area contributed by atoms with Crippen LogP contribution in [0, 0.1) is 5.82 Å². The van der Waals surface area contributed by atoms with Gasteiger partial charge in [-0.2, -0.15) is 5.10 Å². The standard InChI is InChI=1S/C21H23FN4O3S/c1-4-20-19(14-24-26(20)17-9-7-16(22)8-10-17)21(27)23-13-15-5-11-18(12-6-15)30(28,29)25(2)3/h5-12,14H,4,13H2,1-3H3,(H,23,27). The fourth-order valence-corrected chi connectivity index (χ4v) is 3.88. The molecule has 158 valence electrons. The van der Waals surface area contributed by atoms with Crippen molar-refractivity contribution in [3.05, 3.63) is 77.4 Å². The second kappa shape index (κ2) is 8.76. The molecule has 0 radical (unpaired) electrons. The number of benzene rings is 2. The fourth-order valence-electron chi connectivity index (χ4n) is 2.98. The topological polar surface area (TPSA) is 84.3 Å². The van der Waals surface area contributed by atoms with E-state index in [4.69, 9.17) is 0 Å². The summed E-state index contributed by atoms with van der Waals surface area (Å²) in [5, 5.41) is 7.11. The molecule has 0 aliphatic carbocycles. The summed E-state index contributed by atoms with van der Waals surface area (Å²) in [7, 11) is -0.546. The van der Waals surface area contributed by atoms with Crippen molar-refractivity contribution in [2.75, 3.05) is 14.1 Å². The maximum Gasteiger partial charge on any atom is 0.255 e. The van der Waals surface area contributed by atoms with Gasteiger partial charge in [-0.1, -0.05) is 19.1 Å². The lowest BCUT2D eigenvalue weighted by atomic mass is 10.1. The lowest BCUT2D eigenvalue weighted by molar-refractivity contribution is 0.0950. The Kier molecular flexibility index (Phi) is 6.33. The molecule has 0 aliphatic heterocycles. The number of nitrogens with one attached hydrogen (secondary N) is 1. The Labute approximate surface area is 175 Å². The van der Waals surface area contributed by atoms with Crippen LogP contribution in [-0.2, 0) is 23.0 Å². The Morgan fingerprint density at radius 1 is 1.10 bits per heavy atom. The van der Waals surface area contributed by atoms with Crippen molar-refractivity contribution in [2.24, 2.45) is 0 Å². The first-order valence-corrected chi connectivity index (χ1v) is 10.8. The average Bonchev–Trinajstić information content (AvgIpc) is 3.17. The van der Waals surface area contributed by atoms with E-state index >= 15 is 0 Å². The SMILES string of the molecule is CCc1c(C(=O)NCc2ccc(S(=O)(=O)N(C)C)cc2)cnn1-c1ccc(F)cc1. The van der Waals surface area contributed by atoms with Crippen molar-refractivity contribution in [2.45, 2.75) is 24.8 Å². The number of halogens is 1. The normalized spacial score (nSPS) is 11.6. The lowest BCUT2D eigenvalue weighted by Gasteiger charge is -2.12. The minimum Gasteiger partial charge on any atom is -0.348 e. The van der Waals surface area contributed by atoms with E-state index < -0.39 is 10.0 Å². The van der Waals surface area contributed by atoms with Crippen molar-refractivity contribution in [3.63, 3.8) is 0 Å². The molecule has 0 bridgehead atoms. The minimum atomic E-state index is -3.49. The molecule has 7 nitrogen and oxygen atoms in total. The van der Waals surface area contributed by atoms with Gasteiger partial charge in [0.1, 0.15) is 5.82 Å². The Balaban J connectivity index is 1.73. The zero-order chi connectivity index (χ0) is 21.9. The van der Waals surface area contributed by atoms with Crippen molar-refractivity contribution >= 4 is 15.9 Å². The van der Waals surface area contributed by atoms with E-state index in [1.54, 1.807) is 28.9 Å². The monoisotopic (exact) mass is 430 g/mol. The molecular weight excluding hydrogens is 407 g/mol. The largest absolute Gasteiger partial charge is 0.348 e. The highest BCUT2D eigenvalue weighted by atomic mass is 32.2. The highest BCUT2D eigenvalue weighted by molar-refractivity contribution is 7.89. The van der Waals surface area contributed by atoms with Crippen molar-refractivity contribution < 1.29 is 17.6 Å². The van der Waals surface area contributed by atoms with E-state index in [0.29, 0.717) is 23.4 Å². The molecule has 1 amide bonds. The van der Waals surface area contributed by atoms with E-state index in [2.05, 4.69) is 10.4 Å². The zero-order valence-electron chi connectivity index (χ0n) is 17.0.